The molecule has 1 aromatic carbocycles. The molecule has 0 radical (unpaired) electrons. The average molecular weight is 368 g/mol. The highest BCUT2D eigenvalue weighted by atomic mass is 32.2. The molecule has 6 nitrogen and oxygen atoms in total. The number of aryl methyl sites for hydroxylation is 1. The van der Waals surface area contributed by atoms with Gasteiger partial charge in [-0.2, -0.15) is 0 Å². The minimum atomic E-state index is -3.48. The third-order valence-electron chi connectivity index (χ3n) is 3.46. The molecule has 0 unspecified atom stereocenters. The van der Waals surface area contributed by atoms with E-state index < -0.39 is 10.0 Å². The van der Waals surface area contributed by atoms with Crippen LogP contribution in [0.3, 0.4) is 0 Å². The first-order chi connectivity index (χ1) is 11.3. The van der Waals surface area contributed by atoms with Crippen LogP contribution in [0.1, 0.15) is 18.4 Å². The smallest absolute Gasteiger partial charge is 0.252 e. The summed E-state index contributed by atoms with van der Waals surface area (Å²) in [6.07, 6.45) is 0.553. The van der Waals surface area contributed by atoms with E-state index in [4.69, 9.17) is 0 Å². The molecule has 0 fully saturated rings. The third kappa shape index (κ3) is 4.56. The number of benzene rings is 1. The molecule has 2 aromatic rings. The average Bonchev–Trinajstić information content (AvgIpc) is 3.05. The van der Waals surface area contributed by atoms with Gasteiger partial charge in [-0.25, -0.2) is 12.7 Å². The summed E-state index contributed by atoms with van der Waals surface area (Å²) < 4.78 is 26.0. The van der Waals surface area contributed by atoms with Crippen molar-refractivity contribution in [2.24, 2.45) is 0 Å². The first kappa shape index (κ1) is 18.4. The number of phenols is 1. The fourth-order valence-electron chi connectivity index (χ4n) is 2.11. The Morgan fingerprint density at radius 2 is 2.08 bits per heavy atom. The Bertz CT molecular complexity index is 801. The van der Waals surface area contributed by atoms with Gasteiger partial charge >= 0.3 is 0 Å². The van der Waals surface area contributed by atoms with E-state index in [9.17, 15) is 18.3 Å². The van der Waals surface area contributed by atoms with Gasteiger partial charge in [0.1, 0.15) is 9.96 Å². The molecule has 2 N–H and O–H groups in total. The van der Waals surface area contributed by atoms with Crippen LogP contribution in [-0.4, -0.2) is 37.3 Å². The maximum absolute atomic E-state index is 12.2. The molecular weight excluding hydrogens is 348 g/mol. The molecule has 8 heteroatoms. The molecule has 0 aliphatic heterocycles. The zero-order chi connectivity index (χ0) is 17.7. The van der Waals surface area contributed by atoms with Crippen LogP contribution in [-0.2, 0) is 14.8 Å². The van der Waals surface area contributed by atoms with E-state index in [2.05, 4.69) is 5.32 Å². The fourth-order valence-corrected chi connectivity index (χ4v) is 4.52. The normalized spacial score (nSPS) is 11.6. The van der Waals surface area contributed by atoms with Gasteiger partial charge in [0.2, 0.25) is 5.91 Å². The van der Waals surface area contributed by atoms with Crippen molar-refractivity contribution in [1.82, 2.24) is 4.31 Å². The van der Waals surface area contributed by atoms with Gasteiger partial charge in [0.05, 0.1) is 5.69 Å². The standard InChI is InChI=1S/C16H20N2O4S2/c1-12-7-8-13(14(19)11-12)17-15(20)5-3-9-18(2)24(21,22)16-6-4-10-23-16/h4,6-8,10-11,19H,3,5,9H2,1-2H3,(H,17,20). The van der Waals surface area contributed by atoms with Crippen molar-refractivity contribution < 1.29 is 18.3 Å². The zero-order valence-electron chi connectivity index (χ0n) is 13.5. The number of amides is 1. The number of carbonyl (C=O) groups is 1. The summed E-state index contributed by atoms with van der Waals surface area (Å²) in [5.74, 6) is -0.253. The second kappa shape index (κ2) is 7.78. The maximum Gasteiger partial charge on any atom is 0.252 e. The van der Waals surface area contributed by atoms with Crippen LogP contribution in [0.4, 0.5) is 5.69 Å². The number of aromatic hydroxyl groups is 1. The molecule has 0 saturated heterocycles. The summed E-state index contributed by atoms with van der Waals surface area (Å²) in [6, 6.07) is 8.24. The molecule has 0 spiro atoms. The Kier molecular flexibility index (Phi) is 5.98. The van der Waals surface area contributed by atoms with Crippen molar-refractivity contribution in [3.63, 3.8) is 0 Å². The van der Waals surface area contributed by atoms with Crippen molar-refractivity contribution in [3.05, 3.63) is 41.3 Å². The van der Waals surface area contributed by atoms with E-state index in [1.807, 2.05) is 6.92 Å². The first-order valence-electron chi connectivity index (χ1n) is 7.40. The Balaban J connectivity index is 1.84. The topological polar surface area (TPSA) is 86.7 Å². The molecule has 0 bridgehead atoms. The number of phenolic OH excluding ortho intramolecular Hbond substituents is 1. The SMILES string of the molecule is Cc1ccc(NC(=O)CCCN(C)S(=O)(=O)c2cccs2)c(O)c1. The summed E-state index contributed by atoms with van der Waals surface area (Å²) in [5.41, 5.74) is 1.25. The molecule has 0 aliphatic carbocycles. The molecule has 2 rings (SSSR count). The Morgan fingerprint density at radius 1 is 1.33 bits per heavy atom. The lowest BCUT2D eigenvalue weighted by molar-refractivity contribution is -0.116. The highest BCUT2D eigenvalue weighted by molar-refractivity contribution is 7.91. The van der Waals surface area contributed by atoms with E-state index in [-0.39, 0.29) is 24.6 Å². The molecule has 130 valence electrons. The largest absolute Gasteiger partial charge is 0.506 e. The highest BCUT2D eigenvalue weighted by Gasteiger charge is 2.21. The van der Waals surface area contributed by atoms with E-state index in [0.717, 1.165) is 5.56 Å². The molecule has 0 saturated carbocycles. The summed E-state index contributed by atoms with van der Waals surface area (Å²) in [5, 5.41) is 14.1. The van der Waals surface area contributed by atoms with Gasteiger partial charge in [0.15, 0.2) is 0 Å². The summed E-state index contributed by atoms with van der Waals surface area (Å²) in [4.78, 5) is 11.9. The van der Waals surface area contributed by atoms with Crippen LogP contribution in [0, 0.1) is 6.92 Å². The van der Waals surface area contributed by atoms with Crippen LogP contribution in [0.25, 0.3) is 0 Å². The fraction of sp³-hybridized carbons (Fsp3) is 0.312. The van der Waals surface area contributed by atoms with Crippen molar-refractivity contribution in [1.29, 1.82) is 0 Å². The molecule has 0 aliphatic rings. The van der Waals surface area contributed by atoms with Crippen LogP contribution in [0.5, 0.6) is 5.75 Å². The Hall–Kier alpha value is -1.90. The number of anilines is 1. The van der Waals surface area contributed by atoms with Gasteiger partial charge in [0, 0.05) is 20.0 Å². The number of thiophene rings is 1. The number of sulfonamides is 1. The third-order valence-corrected chi connectivity index (χ3v) is 6.69. The van der Waals surface area contributed by atoms with Gasteiger partial charge in [0.25, 0.3) is 10.0 Å². The number of carbonyl (C=O) groups excluding carboxylic acids is 1. The maximum atomic E-state index is 12.2. The number of nitrogens with one attached hydrogen (secondary N) is 1. The monoisotopic (exact) mass is 368 g/mol. The molecule has 24 heavy (non-hydrogen) atoms. The van der Waals surface area contributed by atoms with Gasteiger partial charge in [-0.3, -0.25) is 4.79 Å². The van der Waals surface area contributed by atoms with Crippen LogP contribution in [0.2, 0.25) is 0 Å². The van der Waals surface area contributed by atoms with Gasteiger partial charge in [-0.15, -0.1) is 11.3 Å². The van der Waals surface area contributed by atoms with E-state index in [0.29, 0.717) is 16.3 Å². The van der Waals surface area contributed by atoms with Gasteiger partial charge < -0.3 is 10.4 Å². The highest BCUT2D eigenvalue weighted by Crippen LogP contribution is 2.24. The second-order valence-electron chi connectivity index (χ2n) is 5.43. The van der Waals surface area contributed by atoms with Crippen molar-refractivity contribution in [3.8, 4) is 5.75 Å². The zero-order valence-corrected chi connectivity index (χ0v) is 15.2. The molecular formula is C16H20N2O4S2. The molecule has 0 atom stereocenters. The van der Waals surface area contributed by atoms with Gasteiger partial charge in [-0.05, 0) is 42.5 Å². The first-order valence-corrected chi connectivity index (χ1v) is 9.72. The minimum Gasteiger partial charge on any atom is -0.506 e. The quantitative estimate of drug-likeness (QED) is 0.736. The summed E-state index contributed by atoms with van der Waals surface area (Å²) in [7, 11) is -1.99. The van der Waals surface area contributed by atoms with E-state index in [1.165, 1.54) is 22.7 Å². The van der Waals surface area contributed by atoms with Crippen LogP contribution >= 0.6 is 11.3 Å². The molecule has 1 heterocycles. The predicted octanol–water partition coefficient (Wildman–Crippen LogP) is 2.80. The van der Waals surface area contributed by atoms with Crippen LogP contribution in [0.15, 0.2) is 39.9 Å². The molecule has 1 amide bonds. The number of hydrogen-bond acceptors (Lipinski definition) is 5. The molecule has 1 aromatic heterocycles. The van der Waals surface area contributed by atoms with Crippen molar-refractivity contribution in [2.75, 3.05) is 18.9 Å². The van der Waals surface area contributed by atoms with Crippen molar-refractivity contribution >= 4 is 33.0 Å². The number of nitrogens with zero attached hydrogens (tertiary/aromatic N) is 1. The van der Waals surface area contributed by atoms with Crippen molar-refractivity contribution in [2.45, 2.75) is 24.0 Å². The van der Waals surface area contributed by atoms with E-state index in [1.54, 1.807) is 35.7 Å². The number of hydrogen-bond donors (Lipinski definition) is 2. The van der Waals surface area contributed by atoms with Crippen LogP contribution < -0.4 is 5.32 Å². The minimum absolute atomic E-state index is 0.0146. The number of rotatable bonds is 7. The lowest BCUT2D eigenvalue weighted by atomic mass is 10.2. The lowest BCUT2D eigenvalue weighted by Gasteiger charge is -2.15. The Morgan fingerprint density at radius 3 is 2.71 bits per heavy atom. The summed E-state index contributed by atoms with van der Waals surface area (Å²) in [6.45, 7) is 2.09. The lowest BCUT2D eigenvalue weighted by Crippen LogP contribution is -2.28. The van der Waals surface area contributed by atoms with E-state index >= 15 is 0 Å². The Labute approximate surface area is 145 Å². The summed E-state index contributed by atoms with van der Waals surface area (Å²) >= 11 is 1.17. The second-order valence-corrected chi connectivity index (χ2v) is 8.65. The van der Waals surface area contributed by atoms with Gasteiger partial charge in [-0.1, -0.05) is 12.1 Å². The predicted molar refractivity (Wildman–Crippen MR) is 94.8 cm³/mol.